The highest BCUT2D eigenvalue weighted by Crippen LogP contribution is 2.42. The minimum atomic E-state index is -3.86. The number of nitrogens with zero attached hydrogens (tertiary/aromatic N) is 1. The molecule has 0 bridgehead atoms. The van der Waals surface area contributed by atoms with Crippen LogP contribution in [0.3, 0.4) is 0 Å². The first-order valence-electron chi connectivity index (χ1n) is 8.79. The van der Waals surface area contributed by atoms with E-state index < -0.39 is 33.2 Å². The van der Waals surface area contributed by atoms with Crippen LogP contribution in [0.25, 0.3) is 0 Å². The van der Waals surface area contributed by atoms with Crippen molar-refractivity contribution in [3.8, 4) is 0 Å². The van der Waals surface area contributed by atoms with Gasteiger partial charge in [-0.15, -0.1) is 0 Å². The Morgan fingerprint density at radius 2 is 1.75 bits per heavy atom. The van der Waals surface area contributed by atoms with E-state index in [1.807, 2.05) is 36.4 Å². The minimum Gasteiger partial charge on any atom is -0.465 e. The maximum atomic E-state index is 13.3. The van der Waals surface area contributed by atoms with Crippen molar-refractivity contribution in [3.05, 3.63) is 82.6 Å². The van der Waals surface area contributed by atoms with E-state index in [9.17, 15) is 18.3 Å². The van der Waals surface area contributed by atoms with Gasteiger partial charge in [-0.1, -0.05) is 36.4 Å². The average molecular weight is 417 g/mol. The lowest BCUT2D eigenvalue weighted by atomic mass is 9.98. The van der Waals surface area contributed by atoms with Gasteiger partial charge in [0.25, 0.3) is 0 Å². The molecule has 28 heavy (non-hydrogen) atoms. The smallest absolute Gasteiger partial charge is 0.406 e. The summed E-state index contributed by atoms with van der Waals surface area (Å²) in [6.07, 6.45) is 2.30. The van der Waals surface area contributed by atoms with Crippen molar-refractivity contribution in [1.29, 1.82) is 0 Å². The van der Waals surface area contributed by atoms with Crippen molar-refractivity contribution < 1.29 is 18.3 Å². The summed E-state index contributed by atoms with van der Waals surface area (Å²) in [6, 6.07) is 14.2. The minimum absolute atomic E-state index is 0.162. The zero-order chi connectivity index (χ0) is 19.7. The van der Waals surface area contributed by atoms with E-state index in [1.54, 1.807) is 24.3 Å². The zero-order valence-electron chi connectivity index (χ0n) is 14.9. The Morgan fingerprint density at radius 3 is 2.43 bits per heavy atom. The Kier molecular flexibility index (Phi) is 5.01. The van der Waals surface area contributed by atoms with Gasteiger partial charge >= 0.3 is 6.09 Å². The third kappa shape index (κ3) is 3.46. The summed E-state index contributed by atoms with van der Waals surface area (Å²) < 4.78 is 27.8. The molecule has 0 aromatic heterocycles. The molecule has 0 spiro atoms. The van der Waals surface area contributed by atoms with Crippen molar-refractivity contribution in [3.63, 3.8) is 0 Å². The van der Waals surface area contributed by atoms with Gasteiger partial charge < -0.3 is 10.4 Å². The Hall–Kier alpha value is -2.55. The van der Waals surface area contributed by atoms with Gasteiger partial charge in [-0.05, 0) is 57.5 Å². The number of thiol groups is 1. The molecule has 2 aromatic rings. The van der Waals surface area contributed by atoms with Crippen LogP contribution in [0.1, 0.15) is 17.3 Å². The predicted octanol–water partition coefficient (Wildman–Crippen LogP) is 3.60. The third-order valence-electron chi connectivity index (χ3n) is 4.85. The number of nitrogens with one attached hydrogen (secondary N) is 1. The Bertz CT molecular complexity index is 1050. The van der Waals surface area contributed by atoms with Crippen LogP contribution in [-0.4, -0.2) is 30.5 Å². The van der Waals surface area contributed by atoms with Crippen LogP contribution in [-0.2, 0) is 16.4 Å². The van der Waals surface area contributed by atoms with Crippen LogP contribution in [0.4, 0.5) is 4.79 Å². The lowest BCUT2D eigenvalue weighted by molar-refractivity contribution is 0.173. The molecule has 8 heteroatoms. The van der Waals surface area contributed by atoms with E-state index in [0.29, 0.717) is 12.0 Å². The largest absolute Gasteiger partial charge is 0.465 e. The maximum absolute atomic E-state index is 13.3. The summed E-state index contributed by atoms with van der Waals surface area (Å²) in [7, 11) is -4.38. The van der Waals surface area contributed by atoms with Gasteiger partial charge in [0.15, 0.2) is 0 Å². The van der Waals surface area contributed by atoms with Crippen LogP contribution in [0.5, 0.6) is 0 Å². The topological polar surface area (TPSA) is 86.7 Å². The van der Waals surface area contributed by atoms with E-state index in [4.69, 9.17) is 0 Å². The summed E-state index contributed by atoms with van der Waals surface area (Å²) in [5, 5.41) is 15.8. The number of carboxylic acid groups (broad SMARTS) is 1. The van der Waals surface area contributed by atoms with Crippen molar-refractivity contribution in [1.82, 2.24) is 9.62 Å². The second-order valence-electron chi connectivity index (χ2n) is 6.50. The summed E-state index contributed by atoms with van der Waals surface area (Å²) in [6.45, 7) is 0.213. The van der Waals surface area contributed by atoms with Gasteiger partial charge in [-0.3, -0.25) is 0 Å². The van der Waals surface area contributed by atoms with Crippen molar-refractivity contribution >= 4 is 27.0 Å². The average Bonchev–Trinajstić information content (AvgIpc) is 3.22. The number of amides is 1. The first kappa shape index (κ1) is 18.8. The molecule has 1 amide bonds. The summed E-state index contributed by atoms with van der Waals surface area (Å²) in [4.78, 5) is 12.6. The molecule has 2 aromatic carbocycles. The molecule has 2 aliphatic rings. The van der Waals surface area contributed by atoms with Crippen molar-refractivity contribution in [2.24, 2.45) is 0 Å². The number of allylic oxidation sites excluding steroid dienone is 2. The van der Waals surface area contributed by atoms with Gasteiger partial charge in [0, 0.05) is 6.54 Å². The lowest BCUT2D eigenvalue weighted by Crippen LogP contribution is -2.47. The first-order chi connectivity index (χ1) is 13.5. The van der Waals surface area contributed by atoms with Crippen LogP contribution in [0.15, 0.2) is 81.3 Å². The van der Waals surface area contributed by atoms with Crippen LogP contribution >= 0.6 is 10.9 Å². The van der Waals surface area contributed by atoms with E-state index in [2.05, 4.69) is 16.1 Å². The number of hydrogen-bond acceptors (Lipinski definition) is 3. The molecule has 0 saturated carbocycles. The fraction of sp³-hybridized carbons (Fsp3) is 0.150. The molecular formula is C20H20N2O4S2. The molecule has 0 radical (unpaired) electrons. The number of sulfonamides is 1. The molecule has 0 fully saturated rings. The summed E-state index contributed by atoms with van der Waals surface area (Å²) in [5.41, 5.74) is 1.62. The fourth-order valence-corrected chi connectivity index (χ4v) is 6.53. The van der Waals surface area contributed by atoms with Crippen molar-refractivity contribution in [2.45, 2.75) is 22.4 Å². The van der Waals surface area contributed by atoms with E-state index in [0.717, 1.165) is 10.5 Å². The fourth-order valence-electron chi connectivity index (χ4n) is 3.50. The number of hydrogen-bond donors (Lipinski definition) is 3. The van der Waals surface area contributed by atoms with Gasteiger partial charge in [0.2, 0.25) is 10.0 Å². The SMILES string of the molecule is O=C(O)NC1c2ccccc2CCN1S(=O)(=O)c1ccc([SH]2C=CC=C2)cc1. The zero-order valence-corrected chi connectivity index (χ0v) is 16.6. The highest BCUT2D eigenvalue weighted by Gasteiger charge is 2.37. The highest BCUT2D eigenvalue weighted by atomic mass is 32.2. The summed E-state index contributed by atoms with van der Waals surface area (Å²) in [5.74, 6) is 0. The number of rotatable bonds is 4. The Balaban J connectivity index is 1.68. The molecule has 2 N–H and O–H groups in total. The predicted molar refractivity (Wildman–Crippen MR) is 110 cm³/mol. The molecule has 4 rings (SSSR count). The maximum Gasteiger partial charge on any atom is 0.406 e. The molecule has 6 nitrogen and oxygen atoms in total. The van der Waals surface area contributed by atoms with Crippen LogP contribution in [0, 0.1) is 0 Å². The van der Waals surface area contributed by atoms with Crippen molar-refractivity contribution in [2.75, 3.05) is 6.54 Å². The molecule has 2 heterocycles. The second kappa shape index (κ2) is 7.46. The normalized spacial score (nSPS) is 20.1. The number of carbonyl (C=O) groups is 1. The Labute approximate surface area is 166 Å². The van der Waals surface area contributed by atoms with Gasteiger partial charge in [0.05, 0.1) is 4.90 Å². The first-order valence-corrected chi connectivity index (χ1v) is 11.7. The standard InChI is InChI=1S/C20H20N2O4S2/c23-20(24)21-19-18-6-2-1-5-15(18)11-12-22(19)28(25,26)17-9-7-16(8-10-17)27-13-3-4-14-27/h1-10,13-14,19,21,27H,11-12H2,(H,23,24). The van der Waals surface area contributed by atoms with Gasteiger partial charge in [-0.25, -0.2) is 13.2 Å². The molecule has 1 unspecified atom stereocenters. The lowest BCUT2D eigenvalue weighted by Gasteiger charge is -2.36. The van der Waals surface area contributed by atoms with E-state index in [-0.39, 0.29) is 11.4 Å². The van der Waals surface area contributed by atoms with Crippen LogP contribution in [0.2, 0.25) is 0 Å². The van der Waals surface area contributed by atoms with Gasteiger partial charge in [-0.2, -0.15) is 15.2 Å². The molecule has 2 aliphatic heterocycles. The monoisotopic (exact) mass is 416 g/mol. The number of benzene rings is 2. The van der Waals surface area contributed by atoms with E-state index >= 15 is 0 Å². The molecule has 0 saturated heterocycles. The number of fused-ring (bicyclic) bond motifs is 1. The van der Waals surface area contributed by atoms with E-state index in [1.165, 1.54) is 4.31 Å². The highest BCUT2D eigenvalue weighted by molar-refractivity contribution is 8.22. The van der Waals surface area contributed by atoms with Crippen LogP contribution < -0.4 is 5.32 Å². The van der Waals surface area contributed by atoms with Gasteiger partial charge in [0.1, 0.15) is 6.17 Å². The third-order valence-corrected chi connectivity index (χ3v) is 8.61. The second-order valence-corrected chi connectivity index (χ2v) is 10.3. The summed E-state index contributed by atoms with van der Waals surface area (Å²) >= 11 is 0. The Morgan fingerprint density at radius 1 is 1.07 bits per heavy atom. The molecular weight excluding hydrogens is 396 g/mol. The quantitative estimate of drug-likeness (QED) is 0.665. The molecule has 0 aliphatic carbocycles. The molecule has 146 valence electrons. The molecule has 1 atom stereocenters.